The summed E-state index contributed by atoms with van der Waals surface area (Å²) in [7, 11) is 3.64. The highest BCUT2D eigenvalue weighted by molar-refractivity contribution is 5.56. The van der Waals surface area contributed by atoms with E-state index in [1.54, 1.807) is 28.7 Å². The van der Waals surface area contributed by atoms with Crippen molar-refractivity contribution in [3.63, 3.8) is 0 Å². The molecule has 2 heterocycles. The lowest BCUT2D eigenvalue weighted by molar-refractivity contribution is 0.749. The van der Waals surface area contributed by atoms with Gasteiger partial charge in [-0.3, -0.25) is 14.5 Å². The molecular formula is C18H20N4O. The Hall–Kier alpha value is -2.69. The van der Waals surface area contributed by atoms with Gasteiger partial charge >= 0.3 is 0 Å². The highest BCUT2D eigenvalue weighted by atomic mass is 16.1. The van der Waals surface area contributed by atoms with Gasteiger partial charge in [0.25, 0.3) is 5.56 Å². The summed E-state index contributed by atoms with van der Waals surface area (Å²) in [6.45, 7) is 0. The third-order valence-corrected chi connectivity index (χ3v) is 3.98. The molecule has 0 fully saturated rings. The van der Waals surface area contributed by atoms with Crippen LogP contribution in [-0.4, -0.2) is 19.3 Å². The molecule has 2 aromatic heterocycles. The molecule has 0 saturated carbocycles. The molecule has 3 aromatic rings. The summed E-state index contributed by atoms with van der Waals surface area (Å²) in [6.07, 6.45) is 7.94. The van der Waals surface area contributed by atoms with Gasteiger partial charge < -0.3 is 4.57 Å². The number of nitrogens with zero attached hydrogens (tertiary/aromatic N) is 4. The number of hydrogen-bond acceptors (Lipinski definition) is 3. The maximum absolute atomic E-state index is 12.5. The molecular weight excluding hydrogens is 288 g/mol. The van der Waals surface area contributed by atoms with Gasteiger partial charge in [-0.1, -0.05) is 30.3 Å². The van der Waals surface area contributed by atoms with E-state index in [2.05, 4.69) is 22.2 Å². The summed E-state index contributed by atoms with van der Waals surface area (Å²) in [5.41, 5.74) is 3.57. The molecule has 1 aromatic carbocycles. The monoisotopic (exact) mass is 308 g/mol. The number of aryl methyl sites for hydroxylation is 3. The third-order valence-electron chi connectivity index (χ3n) is 3.98. The van der Waals surface area contributed by atoms with E-state index in [0.717, 1.165) is 24.1 Å². The highest BCUT2D eigenvalue weighted by Crippen LogP contribution is 2.15. The molecule has 0 radical (unpaired) electrons. The Labute approximate surface area is 135 Å². The van der Waals surface area contributed by atoms with E-state index in [9.17, 15) is 4.79 Å². The van der Waals surface area contributed by atoms with Gasteiger partial charge in [0.15, 0.2) is 0 Å². The minimum absolute atomic E-state index is 0.0283. The standard InChI is InChI=1S/C18H20N4O/c1-21-13-15(11-20-21)17-12-19-16(18(23)22(17)2)10-6-9-14-7-4-3-5-8-14/h3-5,7-8,11-13H,6,9-10H2,1-2H3. The van der Waals surface area contributed by atoms with Crippen molar-refractivity contribution in [3.8, 4) is 11.3 Å². The van der Waals surface area contributed by atoms with Crippen LogP contribution in [0.3, 0.4) is 0 Å². The van der Waals surface area contributed by atoms with Gasteiger partial charge in [-0.2, -0.15) is 5.10 Å². The van der Waals surface area contributed by atoms with Crippen LogP contribution in [0.15, 0.2) is 53.7 Å². The zero-order valence-corrected chi connectivity index (χ0v) is 13.4. The van der Waals surface area contributed by atoms with Crippen molar-refractivity contribution in [2.45, 2.75) is 19.3 Å². The van der Waals surface area contributed by atoms with Crippen LogP contribution >= 0.6 is 0 Å². The van der Waals surface area contributed by atoms with Crippen LogP contribution in [0.2, 0.25) is 0 Å². The summed E-state index contributed by atoms with van der Waals surface area (Å²) in [5.74, 6) is 0. The van der Waals surface area contributed by atoms with E-state index < -0.39 is 0 Å². The average Bonchev–Trinajstić information content (AvgIpc) is 2.99. The van der Waals surface area contributed by atoms with Crippen LogP contribution < -0.4 is 5.56 Å². The van der Waals surface area contributed by atoms with Gasteiger partial charge in [0, 0.05) is 25.9 Å². The fraction of sp³-hybridized carbons (Fsp3) is 0.278. The lowest BCUT2D eigenvalue weighted by Gasteiger charge is -2.08. The minimum atomic E-state index is -0.0283. The first kappa shape index (κ1) is 15.2. The minimum Gasteiger partial charge on any atom is -0.308 e. The van der Waals surface area contributed by atoms with Crippen LogP contribution in [0.5, 0.6) is 0 Å². The molecule has 0 bridgehead atoms. The molecule has 0 amide bonds. The van der Waals surface area contributed by atoms with Crippen LogP contribution in [0.4, 0.5) is 0 Å². The molecule has 0 aliphatic carbocycles. The molecule has 0 aliphatic heterocycles. The molecule has 0 N–H and O–H groups in total. The first-order valence-corrected chi connectivity index (χ1v) is 7.73. The van der Waals surface area contributed by atoms with E-state index >= 15 is 0 Å². The quantitative estimate of drug-likeness (QED) is 0.727. The van der Waals surface area contributed by atoms with Gasteiger partial charge in [0.2, 0.25) is 0 Å². The van der Waals surface area contributed by atoms with Crippen molar-refractivity contribution in [3.05, 3.63) is 70.5 Å². The fourth-order valence-electron chi connectivity index (χ4n) is 2.68. The average molecular weight is 308 g/mol. The molecule has 0 aliphatic rings. The fourth-order valence-corrected chi connectivity index (χ4v) is 2.68. The van der Waals surface area contributed by atoms with Gasteiger partial charge in [-0.25, -0.2) is 0 Å². The SMILES string of the molecule is Cn1cc(-c2cnc(CCCc3ccccc3)c(=O)n2C)cn1. The lowest BCUT2D eigenvalue weighted by Crippen LogP contribution is -2.24. The molecule has 0 unspecified atom stereocenters. The van der Waals surface area contributed by atoms with Crippen LogP contribution in [0.1, 0.15) is 17.7 Å². The molecule has 3 rings (SSSR count). The largest absolute Gasteiger partial charge is 0.308 e. The van der Waals surface area contributed by atoms with Crippen molar-refractivity contribution < 1.29 is 0 Å². The van der Waals surface area contributed by atoms with E-state index in [0.29, 0.717) is 12.1 Å². The van der Waals surface area contributed by atoms with Crippen molar-refractivity contribution in [2.24, 2.45) is 14.1 Å². The Morgan fingerprint density at radius 3 is 2.52 bits per heavy atom. The Kier molecular flexibility index (Phi) is 4.37. The van der Waals surface area contributed by atoms with Crippen LogP contribution in [-0.2, 0) is 26.9 Å². The Morgan fingerprint density at radius 2 is 1.83 bits per heavy atom. The van der Waals surface area contributed by atoms with Crippen LogP contribution in [0, 0.1) is 0 Å². The summed E-state index contributed by atoms with van der Waals surface area (Å²) in [4.78, 5) is 16.9. The normalized spacial score (nSPS) is 10.9. The van der Waals surface area contributed by atoms with Crippen LogP contribution in [0.25, 0.3) is 11.3 Å². The predicted molar refractivity (Wildman–Crippen MR) is 90.1 cm³/mol. The Bertz CT molecular complexity index is 849. The number of benzene rings is 1. The van der Waals surface area contributed by atoms with Crippen molar-refractivity contribution >= 4 is 0 Å². The van der Waals surface area contributed by atoms with E-state index in [1.807, 2.05) is 31.4 Å². The molecule has 0 saturated heterocycles. The topological polar surface area (TPSA) is 52.7 Å². The lowest BCUT2D eigenvalue weighted by atomic mass is 10.1. The highest BCUT2D eigenvalue weighted by Gasteiger charge is 2.10. The van der Waals surface area contributed by atoms with Gasteiger partial charge in [-0.05, 0) is 24.8 Å². The second kappa shape index (κ2) is 6.60. The summed E-state index contributed by atoms with van der Waals surface area (Å²) in [5, 5.41) is 4.14. The predicted octanol–water partition coefficient (Wildman–Crippen LogP) is 2.36. The first-order valence-electron chi connectivity index (χ1n) is 7.73. The molecule has 0 spiro atoms. The second-order valence-electron chi connectivity index (χ2n) is 5.70. The maximum Gasteiger partial charge on any atom is 0.272 e. The first-order chi connectivity index (χ1) is 11.1. The number of hydrogen-bond donors (Lipinski definition) is 0. The third kappa shape index (κ3) is 3.39. The van der Waals surface area contributed by atoms with Gasteiger partial charge in [0.05, 0.1) is 18.1 Å². The van der Waals surface area contributed by atoms with Crippen molar-refractivity contribution in [2.75, 3.05) is 0 Å². The second-order valence-corrected chi connectivity index (χ2v) is 5.70. The molecule has 0 atom stereocenters. The Balaban J connectivity index is 1.74. The summed E-state index contributed by atoms with van der Waals surface area (Å²) >= 11 is 0. The maximum atomic E-state index is 12.5. The van der Waals surface area contributed by atoms with Crippen molar-refractivity contribution in [1.29, 1.82) is 0 Å². The zero-order chi connectivity index (χ0) is 16.2. The van der Waals surface area contributed by atoms with Gasteiger partial charge in [0.1, 0.15) is 5.69 Å². The van der Waals surface area contributed by atoms with Crippen molar-refractivity contribution in [1.82, 2.24) is 19.3 Å². The van der Waals surface area contributed by atoms with Gasteiger partial charge in [-0.15, -0.1) is 0 Å². The molecule has 5 heteroatoms. The molecule has 118 valence electrons. The number of aromatic nitrogens is 4. The molecule has 5 nitrogen and oxygen atoms in total. The van der Waals surface area contributed by atoms with E-state index in [-0.39, 0.29) is 5.56 Å². The molecule has 23 heavy (non-hydrogen) atoms. The summed E-state index contributed by atoms with van der Waals surface area (Å²) < 4.78 is 3.37. The smallest absolute Gasteiger partial charge is 0.272 e. The Morgan fingerprint density at radius 1 is 1.04 bits per heavy atom. The van der Waals surface area contributed by atoms with E-state index in [1.165, 1.54) is 5.56 Å². The zero-order valence-electron chi connectivity index (χ0n) is 13.4. The number of rotatable bonds is 5. The summed E-state index contributed by atoms with van der Waals surface area (Å²) in [6, 6.07) is 10.3. The van der Waals surface area contributed by atoms with E-state index in [4.69, 9.17) is 0 Å².